The van der Waals surface area contributed by atoms with Crippen molar-refractivity contribution in [3.63, 3.8) is 0 Å². The molecule has 1 unspecified atom stereocenters. The minimum atomic E-state index is -0.761. The molecule has 2 fully saturated rings. The lowest BCUT2D eigenvalue weighted by Gasteiger charge is -2.33. The van der Waals surface area contributed by atoms with Crippen LogP contribution in [0, 0.1) is 0 Å². The number of carbonyl (C=O) groups excluding carboxylic acids is 3. The number of urea groups is 1. The summed E-state index contributed by atoms with van der Waals surface area (Å²) in [4.78, 5) is 42.7. The Hall–Kier alpha value is -2.91. The van der Waals surface area contributed by atoms with Gasteiger partial charge in [0.1, 0.15) is 6.10 Å². The largest absolute Gasteiger partial charge is 0.471 e. The number of carbonyl (C=O) groups is 3. The number of rotatable bonds is 4. The lowest BCUT2D eigenvalue weighted by atomic mass is 10.3. The van der Waals surface area contributed by atoms with Crippen molar-refractivity contribution in [2.45, 2.75) is 19.4 Å². The molecule has 0 radical (unpaired) electrons. The molecule has 0 spiro atoms. The van der Waals surface area contributed by atoms with Crippen molar-refractivity contribution in [1.29, 1.82) is 0 Å². The number of likely N-dealkylation sites (tertiary alicyclic amines) is 1. The van der Waals surface area contributed by atoms with E-state index in [4.69, 9.17) is 4.74 Å². The van der Waals surface area contributed by atoms with Crippen LogP contribution in [0.15, 0.2) is 12.1 Å². The van der Waals surface area contributed by atoms with E-state index in [-0.39, 0.29) is 12.6 Å². The van der Waals surface area contributed by atoms with E-state index in [0.717, 1.165) is 10.7 Å². The third-order valence-electron chi connectivity index (χ3n) is 4.71. The van der Waals surface area contributed by atoms with E-state index < -0.39 is 17.8 Å². The highest BCUT2D eigenvalue weighted by molar-refractivity contribution is 6.38. The highest BCUT2D eigenvalue weighted by atomic mass is 16.5. The molecule has 3 rings (SSSR count). The second-order valence-electron chi connectivity index (χ2n) is 6.72. The standard InChI is InChI=1S/C17H24N6O4/c1-4-21-9-10-23(16(25)15(21)24)17(26)22-8-7-12(11-22)27-14-6-5-13(18-19-14)20(2)3/h5-6,12H,4,7-11H2,1-3H3. The van der Waals surface area contributed by atoms with Gasteiger partial charge in [-0.1, -0.05) is 0 Å². The second kappa shape index (κ2) is 7.77. The summed E-state index contributed by atoms with van der Waals surface area (Å²) in [6.07, 6.45) is 0.399. The van der Waals surface area contributed by atoms with Crippen LogP contribution in [0.25, 0.3) is 0 Å². The Kier molecular flexibility index (Phi) is 5.43. The second-order valence-corrected chi connectivity index (χ2v) is 6.72. The topological polar surface area (TPSA) is 99.2 Å². The first-order chi connectivity index (χ1) is 12.9. The van der Waals surface area contributed by atoms with Gasteiger partial charge >= 0.3 is 17.8 Å². The average Bonchev–Trinajstić information content (AvgIpc) is 3.12. The summed E-state index contributed by atoms with van der Waals surface area (Å²) in [5.41, 5.74) is 0. The fourth-order valence-corrected chi connectivity index (χ4v) is 3.11. The van der Waals surface area contributed by atoms with Gasteiger partial charge in [-0.3, -0.25) is 14.5 Å². The molecule has 10 nitrogen and oxygen atoms in total. The molecule has 27 heavy (non-hydrogen) atoms. The number of anilines is 1. The van der Waals surface area contributed by atoms with E-state index in [2.05, 4.69) is 10.2 Å². The Morgan fingerprint density at radius 2 is 1.96 bits per heavy atom. The predicted octanol–water partition coefficient (Wildman–Crippen LogP) is -0.194. The summed E-state index contributed by atoms with van der Waals surface area (Å²) in [7, 11) is 3.74. The fraction of sp³-hybridized carbons (Fsp3) is 0.588. The minimum Gasteiger partial charge on any atom is -0.471 e. The lowest BCUT2D eigenvalue weighted by Crippen LogP contribution is -2.58. The van der Waals surface area contributed by atoms with Gasteiger partial charge in [-0.15, -0.1) is 10.2 Å². The Bertz CT molecular complexity index is 723. The van der Waals surface area contributed by atoms with Crippen LogP contribution in [0.2, 0.25) is 0 Å². The summed E-state index contributed by atoms with van der Waals surface area (Å²) in [6, 6.07) is 3.10. The van der Waals surface area contributed by atoms with Gasteiger partial charge in [0.05, 0.1) is 6.54 Å². The van der Waals surface area contributed by atoms with E-state index in [1.165, 1.54) is 4.90 Å². The molecule has 1 atom stereocenters. The van der Waals surface area contributed by atoms with Crippen LogP contribution in [-0.4, -0.2) is 95.7 Å². The van der Waals surface area contributed by atoms with Gasteiger partial charge in [0.25, 0.3) is 0 Å². The van der Waals surface area contributed by atoms with Gasteiger partial charge in [0.2, 0.25) is 5.88 Å². The zero-order valence-electron chi connectivity index (χ0n) is 15.8. The lowest BCUT2D eigenvalue weighted by molar-refractivity contribution is -0.153. The zero-order chi connectivity index (χ0) is 19.6. The van der Waals surface area contributed by atoms with Crippen molar-refractivity contribution in [3.05, 3.63) is 12.1 Å². The monoisotopic (exact) mass is 376 g/mol. The average molecular weight is 376 g/mol. The predicted molar refractivity (Wildman–Crippen MR) is 96.3 cm³/mol. The van der Waals surface area contributed by atoms with Crippen molar-refractivity contribution in [3.8, 4) is 5.88 Å². The van der Waals surface area contributed by atoms with E-state index in [9.17, 15) is 14.4 Å². The van der Waals surface area contributed by atoms with Gasteiger partial charge in [-0.05, 0) is 13.0 Å². The van der Waals surface area contributed by atoms with E-state index in [0.29, 0.717) is 38.5 Å². The number of hydrogen-bond donors (Lipinski definition) is 0. The number of amides is 4. The summed E-state index contributed by atoms with van der Waals surface area (Å²) in [6.45, 7) is 3.65. The van der Waals surface area contributed by atoms with Crippen molar-refractivity contribution < 1.29 is 19.1 Å². The van der Waals surface area contributed by atoms with E-state index in [1.54, 1.807) is 24.0 Å². The summed E-state index contributed by atoms with van der Waals surface area (Å²) < 4.78 is 5.80. The molecule has 0 N–H and O–H groups in total. The highest BCUT2D eigenvalue weighted by Crippen LogP contribution is 2.19. The van der Waals surface area contributed by atoms with Crippen molar-refractivity contribution in [2.75, 3.05) is 51.7 Å². The first kappa shape index (κ1) is 18.9. The number of likely N-dealkylation sites (N-methyl/N-ethyl adjacent to an activating group) is 1. The van der Waals surface area contributed by atoms with Crippen LogP contribution in [0.1, 0.15) is 13.3 Å². The Morgan fingerprint density at radius 1 is 1.19 bits per heavy atom. The molecule has 10 heteroatoms. The molecule has 2 aliphatic heterocycles. The Morgan fingerprint density at radius 3 is 2.59 bits per heavy atom. The van der Waals surface area contributed by atoms with Gasteiger partial charge in [-0.2, -0.15) is 0 Å². The number of piperazine rings is 1. The summed E-state index contributed by atoms with van der Waals surface area (Å²) >= 11 is 0. The van der Waals surface area contributed by atoms with Crippen molar-refractivity contribution >= 4 is 23.7 Å². The molecule has 1 aromatic heterocycles. The molecular formula is C17H24N6O4. The van der Waals surface area contributed by atoms with Gasteiger partial charge < -0.3 is 19.4 Å². The first-order valence-electron chi connectivity index (χ1n) is 8.98. The zero-order valence-corrected chi connectivity index (χ0v) is 15.8. The molecular weight excluding hydrogens is 352 g/mol. The smallest absolute Gasteiger partial charge is 0.327 e. The molecule has 3 heterocycles. The first-order valence-corrected chi connectivity index (χ1v) is 8.98. The number of imide groups is 1. The van der Waals surface area contributed by atoms with Gasteiger partial charge in [0, 0.05) is 52.8 Å². The van der Waals surface area contributed by atoms with Crippen LogP contribution >= 0.6 is 0 Å². The van der Waals surface area contributed by atoms with Crippen LogP contribution in [0.5, 0.6) is 5.88 Å². The minimum absolute atomic E-state index is 0.219. The molecule has 0 saturated carbocycles. The van der Waals surface area contributed by atoms with Gasteiger partial charge in [0.15, 0.2) is 5.82 Å². The van der Waals surface area contributed by atoms with Crippen LogP contribution in [0.3, 0.4) is 0 Å². The van der Waals surface area contributed by atoms with Crippen LogP contribution in [-0.2, 0) is 9.59 Å². The normalized spacial score (nSPS) is 20.3. The number of aromatic nitrogens is 2. The van der Waals surface area contributed by atoms with E-state index >= 15 is 0 Å². The fourth-order valence-electron chi connectivity index (χ4n) is 3.11. The third-order valence-corrected chi connectivity index (χ3v) is 4.71. The summed E-state index contributed by atoms with van der Waals surface area (Å²) in [5, 5.41) is 8.09. The quantitative estimate of drug-likeness (QED) is 0.672. The third kappa shape index (κ3) is 3.93. The Labute approximate surface area is 157 Å². The maximum atomic E-state index is 12.6. The van der Waals surface area contributed by atoms with Crippen molar-refractivity contribution in [2.24, 2.45) is 0 Å². The van der Waals surface area contributed by atoms with E-state index in [1.807, 2.05) is 19.0 Å². The number of hydrogen-bond acceptors (Lipinski definition) is 7. The molecule has 4 amide bonds. The van der Waals surface area contributed by atoms with Crippen LogP contribution < -0.4 is 9.64 Å². The molecule has 146 valence electrons. The number of ether oxygens (including phenoxy) is 1. The maximum absolute atomic E-state index is 12.6. The highest BCUT2D eigenvalue weighted by Gasteiger charge is 2.39. The van der Waals surface area contributed by atoms with Crippen molar-refractivity contribution in [1.82, 2.24) is 24.9 Å². The molecule has 2 aliphatic rings. The SMILES string of the molecule is CCN1CCN(C(=O)N2CCC(Oc3ccc(N(C)C)nn3)C2)C(=O)C1=O. The van der Waals surface area contributed by atoms with Gasteiger partial charge in [-0.25, -0.2) is 4.79 Å². The maximum Gasteiger partial charge on any atom is 0.327 e. The summed E-state index contributed by atoms with van der Waals surface area (Å²) in [5.74, 6) is -0.273. The van der Waals surface area contributed by atoms with Crippen LogP contribution in [0.4, 0.5) is 10.6 Å². The molecule has 2 saturated heterocycles. The Balaban J connectivity index is 1.56. The molecule has 0 aromatic carbocycles. The number of nitrogens with zero attached hydrogens (tertiary/aromatic N) is 6. The molecule has 0 aliphatic carbocycles. The molecule has 1 aromatic rings. The molecule has 0 bridgehead atoms.